The Hall–Kier alpha value is -5.68. The van der Waals surface area contributed by atoms with E-state index in [4.69, 9.17) is 14.1 Å². The number of fused-ring (bicyclic) bond motifs is 4. The molecule has 0 fully saturated rings. The van der Waals surface area contributed by atoms with Gasteiger partial charge in [0.1, 0.15) is 22.7 Å². The monoisotopic (exact) mass is 585 g/mol. The molecule has 0 aliphatic carbocycles. The fourth-order valence-corrected chi connectivity index (χ4v) is 5.95. The van der Waals surface area contributed by atoms with Crippen molar-refractivity contribution in [3.8, 4) is 34.1 Å². The number of furan rings is 1. The highest BCUT2D eigenvalue weighted by atomic mass is 16.5. The molecule has 0 aliphatic rings. The molecule has 0 saturated carbocycles. The van der Waals surface area contributed by atoms with Crippen LogP contribution in [0.5, 0.6) is 11.5 Å². The summed E-state index contributed by atoms with van der Waals surface area (Å²) >= 11 is 0. The Bertz CT molecular complexity index is 2360. The normalized spacial score (nSPS) is 11.9. The Balaban J connectivity index is 1.19. The third kappa shape index (κ3) is 4.83. The molecular weight excluding hydrogens is 554 g/mol. The molecule has 5 heteroatoms. The van der Waals surface area contributed by atoms with Gasteiger partial charge in [-0.2, -0.15) is 0 Å². The SMILES string of the molecule is CC(C)(C)c1ccnc(-c2ccccc2-[n+]2[c-]n(-c3cccc(Oc4ccc5c(c4)oc4ccccc45)c3)c3ccccc32)c1. The first-order valence-electron chi connectivity index (χ1n) is 15.1. The molecule has 0 aliphatic heterocycles. The predicted octanol–water partition coefficient (Wildman–Crippen LogP) is 9.76. The van der Waals surface area contributed by atoms with E-state index in [-0.39, 0.29) is 5.41 Å². The summed E-state index contributed by atoms with van der Waals surface area (Å²) in [6.45, 7) is 6.68. The van der Waals surface area contributed by atoms with E-state index in [1.807, 2.05) is 54.7 Å². The second kappa shape index (κ2) is 10.5. The van der Waals surface area contributed by atoms with Gasteiger partial charge in [-0.1, -0.05) is 87.5 Å². The van der Waals surface area contributed by atoms with Crippen molar-refractivity contribution in [2.24, 2.45) is 0 Å². The van der Waals surface area contributed by atoms with E-state index in [1.165, 1.54) is 5.56 Å². The summed E-state index contributed by atoms with van der Waals surface area (Å²) in [4.78, 5) is 4.78. The van der Waals surface area contributed by atoms with Gasteiger partial charge in [-0.15, -0.1) is 0 Å². The highest BCUT2D eigenvalue weighted by Crippen LogP contribution is 2.34. The maximum atomic E-state index is 6.36. The summed E-state index contributed by atoms with van der Waals surface area (Å²) in [5.41, 5.74) is 8.95. The number of ether oxygens (including phenoxy) is 1. The minimum atomic E-state index is 0.0207. The van der Waals surface area contributed by atoms with Gasteiger partial charge in [0.25, 0.3) is 6.33 Å². The molecular formula is C40H31N3O2. The molecule has 3 aromatic heterocycles. The van der Waals surface area contributed by atoms with Gasteiger partial charge in [-0.3, -0.25) is 14.1 Å². The van der Waals surface area contributed by atoms with Crippen LogP contribution in [0.15, 0.2) is 138 Å². The maximum absolute atomic E-state index is 6.36. The molecule has 0 atom stereocenters. The smallest absolute Gasteiger partial charge is 0.269 e. The van der Waals surface area contributed by atoms with E-state index in [0.717, 1.165) is 61.4 Å². The molecule has 0 bridgehead atoms. The van der Waals surface area contributed by atoms with E-state index >= 15 is 0 Å². The molecule has 8 rings (SSSR count). The van der Waals surface area contributed by atoms with E-state index in [2.05, 4.69) is 115 Å². The number of hydrogen-bond acceptors (Lipinski definition) is 3. The molecule has 45 heavy (non-hydrogen) atoms. The Morgan fingerprint density at radius 2 is 1.49 bits per heavy atom. The number of imidazole rings is 1. The summed E-state index contributed by atoms with van der Waals surface area (Å²) in [5, 5.41) is 2.17. The lowest BCUT2D eigenvalue weighted by Crippen LogP contribution is -2.30. The number of hydrogen-bond donors (Lipinski definition) is 0. The van der Waals surface area contributed by atoms with Gasteiger partial charge in [-0.05, 0) is 65.6 Å². The fourth-order valence-electron chi connectivity index (χ4n) is 5.95. The quantitative estimate of drug-likeness (QED) is 0.149. The van der Waals surface area contributed by atoms with Crippen LogP contribution >= 0.6 is 0 Å². The first-order valence-corrected chi connectivity index (χ1v) is 15.1. The number of para-hydroxylation sites is 4. The van der Waals surface area contributed by atoms with Gasteiger partial charge in [0.15, 0.2) is 0 Å². The van der Waals surface area contributed by atoms with Crippen molar-refractivity contribution in [1.29, 1.82) is 0 Å². The van der Waals surface area contributed by atoms with Crippen LogP contribution in [0.4, 0.5) is 0 Å². The number of nitrogens with zero attached hydrogens (tertiary/aromatic N) is 3. The van der Waals surface area contributed by atoms with Crippen molar-refractivity contribution >= 4 is 33.0 Å². The van der Waals surface area contributed by atoms with Gasteiger partial charge >= 0.3 is 0 Å². The van der Waals surface area contributed by atoms with E-state index in [9.17, 15) is 0 Å². The minimum Gasteiger partial charge on any atom is -0.458 e. The average Bonchev–Trinajstić information content (AvgIpc) is 3.63. The highest BCUT2D eigenvalue weighted by Gasteiger charge is 2.19. The molecule has 218 valence electrons. The maximum Gasteiger partial charge on any atom is 0.269 e. The van der Waals surface area contributed by atoms with E-state index in [1.54, 1.807) is 0 Å². The third-order valence-corrected chi connectivity index (χ3v) is 8.27. The van der Waals surface area contributed by atoms with E-state index < -0.39 is 0 Å². The Labute approximate surface area is 261 Å². The van der Waals surface area contributed by atoms with Crippen LogP contribution in [0.25, 0.3) is 55.6 Å². The van der Waals surface area contributed by atoms with Gasteiger partial charge in [0.2, 0.25) is 0 Å². The molecule has 5 nitrogen and oxygen atoms in total. The molecule has 0 N–H and O–H groups in total. The van der Waals surface area contributed by atoms with Crippen molar-refractivity contribution < 1.29 is 13.7 Å². The number of pyridine rings is 1. The summed E-state index contributed by atoms with van der Waals surface area (Å²) in [6, 6.07) is 43.2. The molecule has 8 aromatic rings. The van der Waals surface area contributed by atoms with Crippen molar-refractivity contribution in [2.75, 3.05) is 0 Å². The highest BCUT2D eigenvalue weighted by molar-refractivity contribution is 6.05. The van der Waals surface area contributed by atoms with Crippen molar-refractivity contribution in [2.45, 2.75) is 26.2 Å². The molecule has 5 aromatic carbocycles. The Morgan fingerprint density at radius 1 is 0.711 bits per heavy atom. The number of aromatic nitrogens is 3. The first-order chi connectivity index (χ1) is 21.9. The molecule has 0 amide bonds. The summed E-state index contributed by atoms with van der Waals surface area (Å²) in [7, 11) is 0. The second-order valence-corrected chi connectivity index (χ2v) is 12.3. The number of benzene rings is 5. The minimum absolute atomic E-state index is 0.0207. The summed E-state index contributed by atoms with van der Waals surface area (Å²) < 4.78 is 16.7. The largest absolute Gasteiger partial charge is 0.458 e. The zero-order valence-electron chi connectivity index (χ0n) is 25.4. The fraction of sp³-hybridized carbons (Fsp3) is 0.100. The van der Waals surface area contributed by atoms with Crippen LogP contribution < -0.4 is 9.30 Å². The second-order valence-electron chi connectivity index (χ2n) is 12.3. The molecule has 0 radical (unpaired) electrons. The molecule has 0 spiro atoms. The lowest BCUT2D eigenvalue weighted by atomic mass is 9.87. The van der Waals surface area contributed by atoms with Crippen LogP contribution in [0.2, 0.25) is 0 Å². The topological polar surface area (TPSA) is 44.1 Å². The van der Waals surface area contributed by atoms with Gasteiger partial charge in [0, 0.05) is 28.6 Å². The van der Waals surface area contributed by atoms with Gasteiger partial charge in [0.05, 0.1) is 28.1 Å². The van der Waals surface area contributed by atoms with Crippen LogP contribution in [0, 0.1) is 6.33 Å². The van der Waals surface area contributed by atoms with E-state index in [0.29, 0.717) is 5.75 Å². The predicted molar refractivity (Wildman–Crippen MR) is 179 cm³/mol. The Kier molecular flexibility index (Phi) is 6.27. The Morgan fingerprint density at radius 3 is 2.40 bits per heavy atom. The van der Waals surface area contributed by atoms with Crippen LogP contribution in [-0.4, -0.2) is 9.55 Å². The standard InChI is InChI=1S/C40H31N3O2/c1-40(2,3)27-21-22-41-34(23-27)33-14-4-6-15-35(33)43-26-42(36-16-7-8-17-37(36)43)28-11-10-12-29(24-28)44-30-19-20-32-31-13-5-9-18-38(31)45-39(32)25-30/h4-25H,1-3H3. The lowest BCUT2D eigenvalue weighted by Gasteiger charge is -2.20. The first kappa shape index (κ1) is 26.9. The third-order valence-electron chi connectivity index (χ3n) is 8.27. The van der Waals surface area contributed by atoms with Crippen molar-refractivity contribution in [3.63, 3.8) is 0 Å². The van der Waals surface area contributed by atoms with Crippen LogP contribution in [-0.2, 0) is 5.41 Å². The zero-order chi connectivity index (χ0) is 30.5. The summed E-state index contributed by atoms with van der Waals surface area (Å²) in [6.07, 6.45) is 5.55. The zero-order valence-corrected chi connectivity index (χ0v) is 25.4. The van der Waals surface area contributed by atoms with Crippen molar-refractivity contribution in [1.82, 2.24) is 9.55 Å². The van der Waals surface area contributed by atoms with Gasteiger partial charge < -0.3 is 9.15 Å². The molecule has 0 saturated heterocycles. The molecule has 3 heterocycles. The van der Waals surface area contributed by atoms with Crippen LogP contribution in [0.1, 0.15) is 26.3 Å². The average molecular weight is 586 g/mol. The van der Waals surface area contributed by atoms with Crippen molar-refractivity contribution in [3.05, 3.63) is 145 Å². The van der Waals surface area contributed by atoms with Gasteiger partial charge in [-0.25, -0.2) is 0 Å². The summed E-state index contributed by atoms with van der Waals surface area (Å²) in [5.74, 6) is 1.44. The lowest BCUT2D eigenvalue weighted by molar-refractivity contribution is -0.571. The molecule has 0 unspecified atom stereocenters. The van der Waals surface area contributed by atoms with Crippen LogP contribution in [0.3, 0.4) is 0 Å². The number of rotatable bonds is 5.